The molecule has 1 aliphatic heterocycles. The quantitative estimate of drug-likeness (QED) is 0.749. The van der Waals surface area contributed by atoms with Gasteiger partial charge in [-0.05, 0) is 29.7 Å². The normalized spacial score (nSPS) is 13.6. The van der Waals surface area contributed by atoms with Crippen LogP contribution in [0.15, 0.2) is 59.5 Å². The van der Waals surface area contributed by atoms with Gasteiger partial charge in [0.2, 0.25) is 0 Å². The van der Waals surface area contributed by atoms with Crippen molar-refractivity contribution >= 4 is 38.1 Å². The van der Waals surface area contributed by atoms with E-state index in [2.05, 4.69) is 4.72 Å². The second-order valence-electron chi connectivity index (χ2n) is 5.56. The predicted octanol–water partition coefficient (Wildman–Crippen LogP) is 4.07. The number of halogens is 1. The van der Waals surface area contributed by atoms with Crippen LogP contribution < -0.4 is 14.2 Å². The van der Waals surface area contributed by atoms with Crippen LogP contribution in [0.1, 0.15) is 0 Å². The van der Waals surface area contributed by atoms with E-state index in [0.29, 0.717) is 40.8 Å². The highest BCUT2D eigenvalue weighted by molar-refractivity contribution is 7.93. The Balaban J connectivity index is 1.76. The Morgan fingerprint density at radius 3 is 2.44 bits per heavy atom. The predicted molar refractivity (Wildman–Crippen MR) is 97.2 cm³/mol. The number of rotatable bonds is 3. The van der Waals surface area contributed by atoms with E-state index >= 15 is 0 Å². The van der Waals surface area contributed by atoms with E-state index in [9.17, 15) is 8.42 Å². The Labute approximate surface area is 150 Å². The van der Waals surface area contributed by atoms with E-state index in [1.807, 2.05) is 12.1 Å². The first-order valence-corrected chi connectivity index (χ1v) is 9.50. The molecule has 0 bridgehead atoms. The lowest BCUT2D eigenvalue weighted by molar-refractivity contribution is 0.171. The molecule has 5 nitrogen and oxygen atoms in total. The monoisotopic (exact) mass is 375 g/mol. The molecular weight excluding hydrogens is 362 g/mol. The van der Waals surface area contributed by atoms with Gasteiger partial charge in [0.25, 0.3) is 10.0 Å². The molecule has 0 atom stereocenters. The molecule has 3 aromatic carbocycles. The second-order valence-corrected chi connectivity index (χ2v) is 7.62. The SMILES string of the molecule is O=S(=O)(Nc1ccc2c(c1)OCCO2)c1cccc2cccc(Cl)c12. The summed E-state index contributed by atoms with van der Waals surface area (Å²) in [7, 11) is -3.82. The van der Waals surface area contributed by atoms with Crippen LogP contribution >= 0.6 is 11.6 Å². The number of benzene rings is 3. The van der Waals surface area contributed by atoms with E-state index in [0.717, 1.165) is 5.39 Å². The molecule has 3 aromatic rings. The maximum Gasteiger partial charge on any atom is 0.262 e. The van der Waals surface area contributed by atoms with Crippen molar-refractivity contribution in [3.8, 4) is 11.5 Å². The molecule has 0 saturated heterocycles. The van der Waals surface area contributed by atoms with E-state index in [1.54, 1.807) is 36.4 Å². The summed E-state index contributed by atoms with van der Waals surface area (Å²) in [5.41, 5.74) is 0.397. The van der Waals surface area contributed by atoms with Crippen LogP contribution in [-0.2, 0) is 10.0 Å². The van der Waals surface area contributed by atoms with Crippen LogP contribution in [0.5, 0.6) is 11.5 Å². The number of nitrogens with one attached hydrogen (secondary N) is 1. The van der Waals surface area contributed by atoms with Crippen LogP contribution in [0.25, 0.3) is 10.8 Å². The third kappa shape index (κ3) is 2.99. The molecule has 0 radical (unpaired) electrons. The third-order valence-corrected chi connectivity index (χ3v) is 5.64. The summed E-state index contributed by atoms with van der Waals surface area (Å²) in [5, 5.41) is 1.65. The fourth-order valence-corrected chi connectivity index (χ4v) is 4.44. The zero-order valence-corrected chi connectivity index (χ0v) is 14.6. The molecule has 0 aliphatic carbocycles. The van der Waals surface area contributed by atoms with Crippen molar-refractivity contribution in [3.05, 3.63) is 59.6 Å². The Hall–Kier alpha value is -2.44. The summed E-state index contributed by atoms with van der Waals surface area (Å²) in [4.78, 5) is 0.130. The fraction of sp³-hybridized carbons (Fsp3) is 0.111. The minimum atomic E-state index is -3.82. The van der Waals surface area contributed by atoms with Crippen molar-refractivity contribution in [2.45, 2.75) is 4.90 Å². The highest BCUT2D eigenvalue weighted by atomic mass is 35.5. The van der Waals surface area contributed by atoms with Gasteiger partial charge in [0.15, 0.2) is 11.5 Å². The fourth-order valence-electron chi connectivity index (χ4n) is 2.80. The number of hydrogen-bond donors (Lipinski definition) is 1. The molecule has 1 aliphatic rings. The van der Waals surface area contributed by atoms with Gasteiger partial charge in [0, 0.05) is 16.5 Å². The molecule has 7 heteroatoms. The minimum absolute atomic E-state index is 0.130. The molecule has 1 heterocycles. The Morgan fingerprint density at radius 1 is 0.920 bits per heavy atom. The van der Waals surface area contributed by atoms with E-state index in [4.69, 9.17) is 21.1 Å². The van der Waals surface area contributed by atoms with Crippen molar-refractivity contribution in [1.82, 2.24) is 0 Å². The molecular formula is C18H14ClNO4S. The maximum absolute atomic E-state index is 12.9. The highest BCUT2D eigenvalue weighted by Gasteiger charge is 2.20. The van der Waals surface area contributed by atoms with Crippen LogP contribution in [0, 0.1) is 0 Å². The molecule has 0 aromatic heterocycles. The maximum atomic E-state index is 12.9. The summed E-state index contributed by atoms with van der Waals surface area (Å²) >= 11 is 6.24. The van der Waals surface area contributed by atoms with Crippen molar-refractivity contribution in [2.24, 2.45) is 0 Å². The molecule has 128 valence electrons. The number of anilines is 1. The molecule has 1 N–H and O–H groups in total. The summed E-state index contributed by atoms with van der Waals surface area (Å²) in [5.74, 6) is 1.12. The first kappa shape index (κ1) is 16.1. The summed E-state index contributed by atoms with van der Waals surface area (Å²) < 4.78 is 39.3. The van der Waals surface area contributed by atoms with Crippen molar-refractivity contribution in [1.29, 1.82) is 0 Å². The van der Waals surface area contributed by atoms with Crippen molar-refractivity contribution in [2.75, 3.05) is 17.9 Å². The zero-order chi connectivity index (χ0) is 17.4. The van der Waals surface area contributed by atoms with Gasteiger partial charge in [-0.3, -0.25) is 4.72 Å². The van der Waals surface area contributed by atoms with Gasteiger partial charge in [-0.15, -0.1) is 0 Å². The van der Waals surface area contributed by atoms with Crippen LogP contribution in [0.4, 0.5) is 5.69 Å². The Bertz CT molecular complexity index is 1060. The van der Waals surface area contributed by atoms with Gasteiger partial charge in [-0.2, -0.15) is 0 Å². The van der Waals surface area contributed by atoms with E-state index in [-0.39, 0.29) is 4.90 Å². The average molecular weight is 376 g/mol. The van der Waals surface area contributed by atoms with E-state index in [1.165, 1.54) is 6.07 Å². The van der Waals surface area contributed by atoms with Crippen molar-refractivity contribution < 1.29 is 17.9 Å². The minimum Gasteiger partial charge on any atom is -0.486 e. The molecule has 25 heavy (non-hydrogen) atoms. The van der Waals surface area contributed by atoms with Crippen LogP contribution in [0.2, 0.25) is 5.02 Å². The Morgan fingerprint density at radius 2 is 1.64 bits per heavy atom. The topological polar surface area (TPSA) is 64.6 Å². The first-order chi connectivity index (χ1) is 12.0. The van der Waals surface area contributed by atoms with E-state index < -0.39 is 10.0 Å². The average Bonchev–Trinajstić information content (AvgIpc) is 2.61. The summed E-state index contributed by atoms with van der Waals surface area (Å²) in [6.07, 6.45) is 0. The summed E-state index contributed by atoms with van der Waals surface area (Å²) in [6.45, 7) is 0.911. The molecule has 0 fully saturated rings. The lowest BCUT2D eigenvalue weighted by atomic mass is 10.1. The number of sulfonamides is 1. The van der Waals surface area contributed by atoms with Crippen molar-refractivity contribution in [3.63, 3.8) is 0 Å². The van der Waals surface area contributed by atoms with Crippen LogP contribution in [-0.4, -0.2) is 21.6 Å². The molecule has 4 rings (SSSR count). The zero-order valence-electron chi connectivity index (χ0n) is 13.0. The number of fused-ring (bicyclic) bond motifs is 2. The molecule has 0 amide bonds. The standard InChI is InChI=1S/C18H14ClNO4S/c19-14-5-1-3-12-4-2-6-17(18(12)14)25(21,22)20-13-7-8-15-16(11-13)24-10-9-23-15/h1-8,11,20H,9-10H2. The molecule has 0 spiro atoms. The highest BCUT2D eigenvalue weighted by Crippen LogP contribution is 2.35. The van der Waals surface area contributed by atoms with Crippen LogP contribution in [0.3, 0.4) is 0 Å². The molecule has 0 saturated carbocycles. The lowest BCUT2D eigenvalue weighted by Gasteiger charge is -2.19. The van der Waals surface area contributed by atoms with Gasteiger partial charge in [0.1, 0.15) is 13.2 Å². The summed E-state index contributed by atoms with van der Waals surface area (Å²) in [6, 6.07) is 15.3. The van der Waals surface area contributed by atoms with Gasteiger partial charge < -0.3 is 9.47 Å². The first-order valence-electron chi connectivity index (χ1n) is 7.64. The molecule has 0 unspecified atom stereocenters. The van der Waals surface area contributed by atoms with Gasteiger partial charge in [-0.1, -0.05) is 35.9 Å². The lowest BCUT2D eigenvalue weighted by Crippen LogP contribution is -2.17. The Kier molecular flexibility index (Phi) is 3.94. The largest absolute Gasteiger partial charge is 0.486 e. The second kappa shape index (κ2) is 6.13. The third-order valence-electron chi connectivity index (χ3n) is 3.90. The smallest absolute Gasteiger partial charge is 0.262 e. The van der Waals surface area contributed by atoms with Gasteiger partial charge in [0.05, 0.1) is 10.6 Å². The number of ether oxygens (including phenoxy) is 2. The number of hydrogen-bond acceptors (Lipinski definition) is 4. The van der Waals surface area contributed by atoms with Gasteiger partial charge in [-0.25, -0.2) is 8.42 Å². The van der Waals surface area contributed by atoms with Gasteiger partial charge >= 0.3 is 0 Å².